The molecule has 0 saturated carbocycles. The molecule has 1 rings (SSSR count). The minimum absolute atomic E-state index is 0.0260. The Kier molecular flexibility index (Phi) is 10.0. The van der Waals surface area contributed by atoms with E-state index in [4.69, 9.17) is 12.2 Å². The van der Waals surface area contributed by atoms with Gasteiger partial charge in [0, 0.05) is 30.7 Å². The van der Waals surface area contributed by atoms with E-state index in [9.17, 15) is 19.2 Å². The number of rotatable bonds is 7. The number of carbonyl (C=O) groups is 4. The lowest BCUT2D eigenvalue weighted by Crippen LogP contribution is -2.48. The lowest BCUT2D eigenvalue weighted by atomic mass is 10.1. The standard InChI is InChI=1S/C19H24N4O5S/c1-4-28-18(27)10-9-16(25)21-19(29)23-22-17(26)8-7-15(24)20-14-6-5-12(2)13(3)11-14/h5-6,9-11H,4,7-8H2,1-3H3,(H,20,24)(H,22,26)(H2,21,23,25,29)/b10-9+. The lowest BCUT2D eigenvalue weighted by molar-refractivity contribution is -0.137. The minimum Gasteiger partial charge on any atom is -0.463 e. The van der Waals surface area contributed by atoms with Gasteiger partial charge >= 0.3 is 5.97 Å². The summed E-state index contributed by atoms with van der Waals surface area (Å²) in [7, 11) is 0. The molecule has 0 spiro atoms. The highest BCUT2D eigenvalue weighted by atomic mass is 32.1. The fourth-order valence-corrected chi connectivity index (χ4v) is 2.13. The Morgan fingerprint density at radius 3 is 2.34 bits per heavy atom. The van der Waals surface area contributed by atoms with Crippen molar-refractivity contribution in [1.29, 1.82) is 0 Å². The zero-order chi connectivity index (χ0) is 21.8. The van der Waals surface area contributed by atoms with E-state index in [1.807, 2.05) is 26.0 Å². The van der Waals surface area contributed by atoms with Gasteiger partial charge < -0.3 is 10.1 Å². The van der Waals surface area contributed by atoms with Crippen LogP contribution < -0.4 is 21.5 Å². The molecule has 0 aliphatic carbocycles. The molecule has 0 radical (unpaired) electrons. The largest absolute Gasteiger partial charge is 0.463 e. The average molecular weight is 420 g/mol. The molecule has 156 valence electrons. The highest BCUT2D eigenvalue weighted by Crippen LogP contribution is 2.14. The zero-order valence-electron chi connectivity index (χ0n) is 16.5. The number of esters is 1. The van der Waals surface area contributed by atoms with Crippen LogP contribution in [0.2, 0.25) is 0 Å². The molecule has 0 bridgehead atoms. The minimum atomic E-state index is -0.669. The van der Waals surface area contributed by atoms with Crippen molar-refractivity contribution in [2.75, 3.05) is 11.9 Å². The Labute approximate surface area is 174 Å². The number of anilines is 1. The van der Waals surface area contributed by atoms with E-state index in [0.29, 0.717) is 5.69 Å². The third-order valence-corrected chi connectivity index (χ3v) is 3.78. The summed E-state index contributed by atoms with van der Waals surface area (Å²) in [4.78, 5) is 46.3. The molecule has 1 aromatic rings. The molecule has 1 aromatic carbocycles. The van der Waals surface area contributed by atoms with Gasteiger partial charge in [-0.1, -0.05) is 6.07 Å². The quantitative estimate of drug-likeness (QED) is 0.226. The molecule has 0 fully saturated rings. The number of hydrazine groups is 1. The second-order valence-electron chi connectivity index (χ2n) is 5.92. The van der Waals surface area contributed by atoms with Crippen molar-refractivity contribution in [3.63, 3.8) is 0 Å². The second-order valence-corrected chi connectivity index (χ2v) is 6.33. The molecular formula is C19H24N4O5S. The first kappa shape index (κ1) is 23.8. The highest BCUT2D eigenvalue weighted by Gasteiger charge is 2.09. The van der Waals surface area contributed by atoms with Crippen LogP contribution in [0.15, 0.2) is 30.4 Å². The van der Waals surface area contributed by atoms with Crippen LogP contribution in [0.4, 0.5) is 5.69 Å². The Morgan fingerprint density at radius 1 is 1.00 bits per heavy atom. The molecular weight excluding hydrogens is 396 g/mol. The summed E-state index contributed by atoms with van der Waals surface area (Å²) in [6, 6.07) is 5.55. The fraction of sp³-hybridized carbons (Fsp3) is 0.316. The predicted molar refractivity (Wildman–Crippen MR) is 112 cm³/mol. The number of benzene rings is 1. The summed E-state index contributed by atoms with van der Waals surface area (Å²) in [5.74, 6) is -2.12. The molecule has 0 heterocycles. The van der Waals surface area contributed by atoms with Crippen molar-refractivity contribution in [3.05, 3.63) is 41.5 Å². The summed E-state index contributed by atoms with van der Waals surface area (Å²) in [5.41, 5.74) is 7.43. The number of aryl methyl sites for hydroxylation is 2. The summed E-state index contributed by atoms with van der Waals surface area (Å²) >= 11 is 4.84. The molecule has 0 aromatic heterocycles. The summed E-state index contributed by atoms with van der Waals surface area (Å²) in [6.07, 6.45) is 1.80. The molecule has 0 atom stereocenters. The first-order valence-corrected chi connectivity index (χ1v) is 9.23. The number of nitrogens with one attached hydrogen (secondary N) is 4. The maximum atomic E-state index is 11.9. The number of hydrogen-bond donors (Lipinski definition) is 4. The average Bonchev–Trinajstić information content (AvgIpc) is 2.66. The van der Waals surface area contributed by atoms with Gasteiger partial charge in [-0.05, 0) is 56.2 Å². The van der Waals surface area contributed by atoms with Crippen molar-refractivity contribution in [2.24, 2.45) is 0 Å². The van der Waals surface area contributed by atoms with E-state index in [1.165, 1.54) is 0 Å². The van der Waals surface area contributed by atoms with E-state index < -0.39 is 17.8 Å². The van der Waals surface area contributed by atoms with Crippen LogP contribution in [0.1, 0.15) is 30.9 Å². The van der Waals surface area contributed by atoms with Gasteiger partial charge in [-0.2, -0.15) is 0 Å². The molecule has 3 amide bonds. The summed E-state index contributed by atoms with van der Waals surface area (Å²) < 4.78 is 4.63. The van der Waals surface area contributed by atoms with Gasteiger partial charge in [0.05, 0.1) is 6.61 Å². The van der Waals surface area contributed by atoms with Crippen molar-refractivity contribution < 1.29 is 23.9 Å². The molecule has 10 heteroatoms. The van der Waals surface area contributed by atoms with E-state index in [1.54, 1.807) is 13.0 Å². The van der Waals surface area contributed by atoms with Gasteiger partial charge in [0.15, 0.2) is 5.11 Å². The molecule has 4 N–H and O–H groups in total. The number of thiocarbonyl (C=S) groups is 1. The van der Waals surface area contributed by atoms with Crippen LogP contribution in [0.3, 0.4) is 0 Å². The van der Waals surface area contributed by atoms with E-state index >= 15 is 0 Å². The van der Waals surface area contributed by atoms with Gasteiger partial charge in [0.1, 0.15) is 0 Å². The number of hydrogen-bond acceptors (Lipinski definition) is 6. The highest BCUT2D eigenvalue weighted by molar-refractivity contribution is 7.80. The first-order valence-electron chi connectivity index (χ1n) is 8.83. The molecule has 0 unspecified atom stereocenters. The monoisotopic (exact) mass is 420 g/mol. The molecule has 29 heavy (non-hydrogen) atoms. The molecule has 9 nitrogen and oxygen atoms in total. The fourth-order valence-electron chi connectivity index (χ4n) is 1.98. The number of carbonyl (C=O) groups excluding carboxylic acids is 4. The molecule has 0 aliphatic heterocycles. The topological polar surface area (TPSA) is 126 Å². The zero-order valence-corrected chi connectivity index (χ0v) is 17.3. The smallest absolute Gasteiger partial charge is 0.330 e. The van der Waals surface area contributed by atoms with Crippen molar-refractivity contribution >= 4 is 46.7 Å². The Balaban J connectivity index is 2.29. The van der Waals surface area contributed by atoms with E-state index in [0.717, 1.165) is 23.3 Å². The van der Waals surface area contributed by atoms with E-state index in [2.05, 4.69) is 26.2 Å². The summed E-state index contributed by atoms with van der Waals surface area (Å²) in [6.45, 7) is 5.75. The Morgan fingerprint density at radius 2 is 1.69 bits per heavy atom. The molecule has 0 aliphatic rings. The maximum Gasteiger partial charge on any atom is 0.330 e. The van der Waals surface area contributed by atoms with Crippen molar-refractivity contribution in [2.45, 2.75) is 33.6 Å². The van der Waals surface area contributed by atoms with Crippen LogP contribution in [-0.2, 0) is 23.9 Å². The SMILES string of the molecule is CCOC(=O)/C=C/C(=O)NC(=S)NNC(=O)CCC(=O)Nc1ccc(C)c(C)c1. The van der Waals surface area contributed by atoms with Gasteiger partial charge in [-0.3, -0.25) is 30.6 Å². The van der Waals surface area contributed by atoms with Gasteiger partial charge in [0.25, 0.3) is 0 Å². The van der Waals surface area contributed by atoms with Gasteiger partial charge in [-0.15, -0.1) is 0 Å². The normalized spacial score (nSPS) is 10.2. The first-order chi connectivity index (χ1) is 13.7. The summed E-state index contributed by atoms with van der Waals surface area (Å²) in [5, 5.41) is 4.78. The van der Waals surface area contributed by atoms with Crippen LogP contribution in [-0.4, -0.2) is 35.4 Å². The van der Waals surface area contributed by atoms with Crippen LogP contribution in [0.5, 0.6) is 0 Å². The number of ether oxygens (including phenoxy) is 1. The third kappa shape index (κ3) is 10.0. The van der Waals surface area contributed by atoms with Gasteiger partial charge in [0.2, 0.25) is 17.7 Å². The predicted octanol–water partition coefficient (Wildman–Crippen LogP) is 1.16. The van der Waals surface area contributed by atoms with Crippen LogP contribution in [0, 0.1) is 13.8 Å². The Hall–Kier alpha value is -3.27. The Bertz CT molecular complexity index is 823. The third-order valence-electron chi connectivity index (χ3n) is 3.58. The number of amides is 3. The lowest BCUT2D eigenvalue weighted by Gasteiger charge is -2.10. The van der Waals surface area contributed by atoms with Crippen LogP contribution >= 0.6 is 12.2 Å². The second kappa shape index (κ2) is 12.2. The van der Waals surface area contributed by atoms with Gasteiger partial charge in [-0.25, -0.2) is 4.79 Å². The van der Waals surface area contributed by atoms with Crippen LogP contribution in [0.25, 0.3) is 0 Å². The van der Waals surface area contributed by atoms with Crippen molar-refractivity contribution in [1.82, 2.24) is 16.2 Å². The van der Waals surface area contributed by atoms with E-state index in [-0.39, 0.29) is 30.5 Å². The van der Waals surface area contributed by atoms with Crippen molar-refractivity contribution in [3.8, 4) is 0 Å². The maximum absolute atomic E-state index is 11.9. The molecule has 0 saturated heterocycles.